The van der Waals surface area contributed by atoms with E-state index in [1.54, 1.807) is 0 Å². The van der Waals surface area contributed by atoms with Gasteiger partial charge >= 0.3 is 0 Å². The summed E-state index contributed by atoms with van der Waals surface area (Å²) >= 11 is 0. The van der Waals surface area contributed by atoms with Gasteiger partial charge in [-0.15, -0.1) is 0 Å². The molecule has 0 fully saturated rings. The fourth-order valence-corrected chi connectivity index (χ4v) is 2.39. The minimum absolute atomic E-state index is 0.829. The van der Waals surface area contributed by atoms with Gasteiger partial charge in [0.25, 0.3) is 0 Å². The van der Waals surface area contributed by atoms with Crippen molar-refractivity contribution in [3.05, 3.63) is 60.3 Å². The van der Waals surface area contributed by atoms with Crippen LogP contribution in [0.2, 0.25) is 0 Å². The Kier molecular flexibility index (Phi) is 3.73. The molecule has 0 aliphatic rings. The largest absolute Gasteiger partial charge is 0.232 e. The molecule has 0 amide bonds. The monoisotopic (exact) mass is 262 g/mol. The number of hydrogen-bond acceptors (Lipinski definition) is 2. The quantitative estimate of drug-likeness (QED) is 0.684. The summed E-state index contributed by atoms with van der Waals surface area (Å²) in [6.45, 7) is 2.21. The number of aryl methyl sites for hydroxylation is 1. The molecule has 0 aliphatic carbocycles. The summed E-state index contributed by atoms with van der Waals surface area (Å²) in [6.07, 6.45) is 3.35. The van der Waals surface area contributed by atoms with E-state index in [1.165, 1.54) is 11.8 Å². The molecule has 0 atom stereocenters. The Morgan fingerprint density at radius 3 is 2.40 bits per heavy atom. The van der Waals surface area contributed by atoms with Crippen molar-refractivity contribution in [1.29, 1.82) is 0 Å². The molecule has 0 saturated heterocycles. The fourth-order valence-electron chi connectivity index (χ4n) is 2.39. The zero-order valence-electron chi connectivity index (χ0n) is 11.7. The lowest BCUT2D eigenvalue weighted by Crippen LogP contribution is -1.98. The molecule has 0 saturated carbocycles. The van der Waals surface area contributed by atoms with Crippen molar-refractivity contribution in [3.63, 3.8) is 0 Å². The number of nitrogens with zero attached hydrogens (tertiary/aromatic N) is 2. The topological polar surface area (TPSA) is 25.8 Å². The van der Waals surface area contributed by atoms with E-state index in [-0.39, 0.29) is 0 Å². The second-order valence-corrected chi connectivity index (χ2v) is 4.98. The van der Waals surface area contributed by atoms with E-state index >= 15 is 0 Å². The molecule has 2 nitrogen and oxygen atoms in total. The van der Waals surface area contributed by atoms with Crippen LogP contribution in [0.4, 0.5) is 0 Å². The van der Waals surface area contributed by atoms with Crippen molar-refractivity contribution < 1.29 is 0 Å². The van der Waals surface area contributed by atoms with Gasteiger partial charge in [-0.2, -0.15) is 0 Å². The maximum atomic E-state index is 4.80. The van der Waals surface area contributed by atoms with E-state index in [0.717, 1.165) is 35.4 Å². The third-order valence-electron chi connectivity index (χ3n) is 3.48. The van der Waals surface area contributed by atoms with E-state index < -0.39 is 0 Å². The van der Waals surface area contributed by atoms with Crippen LogP contribution in [0, 0.1) is 0 Å². The molecule has 20 heavy (non-hydrogen) atoms. The van der Waals surface area contributed by atoms with Crippen molar-refractivity contribution in [3.8, 4) is 11.4 Å². The lowest BCUT2D eigenvalue weighted by atomic mass is 10.1. The Morgan fingerprint density at radius 2 is 1.60 bits per heavy atom. The van der Waals surface area contributed by atoms with Gasteiger partial charge in [0.05, 0.1) is 11.2 Å². The summed E-state index contributed by atoms with van der Waals surface area (Å²) < 4.78 is 0. The highest BCUT2D eigenvalue weighted by molar-refractivity contribution is 5.82. The Morgan fingerprint density at radius 1 is 0.850 bits per heavy atom. The Balaban J connectivity index is 2.14. The normalized spacial score (nSPS) is 10.8. The molecular formula is C18H18N2. The SMILES string of the molecule is CCCCc1nc(-c2ccccc2)nc2ccccc12. The molecule has 0 bridgehead atoms. The highest BCUT2D eigenvalue weighted by atomic mass is 14.9. The molecule has 100 valence electrons. The van der Waals surface area contributed by atoms with Crippen molar-refractivity contribution in [2.24, 2.45) is 0 Å². The number of hydrogen-bond donors (Lipinski definition) is 0. The summed E-state index contributed by atoms with van der Waals surface area (Å²) in [6, 6.07) is 18.5. The number of aromatic nitrogens is 2. The number of rotatable bonds is 4. The Labute approximate surface area is 119 Å². The molecule has 0 N–H and O–H groups in total. The van der Waals surface area contributed by atoms with E-state index in [2.05, 4.69) is 37.3 Å². The van der Waals surface area contributed by atoms with E-state index in [1.807, 2.05) is 24.3 Å². The molecule has 2 aromatic carbocycles. The molecule has 2 heteroatoms. The van der Waals surface area contributed by atoms with Crippen LogP contribution in [0.5, 0.6) is 0 Å². The minimum atomic E-state index is 0.829. The standard InChI is InChI=1S/C18H18N2/c1-2-3-12-16-15-11-7-8-13-17(15)20-18(19-16)14-9-5-4-6-10-14/h4-11,13H,2-3,12H2,1H3. The predicted molar refractivity (Wildman–Crippen MR) is 83.6 cm³/mol. The average Bonchev–Trinajstić information content (AvgIpc) is 2.53. The van der Waals surface area contributed by atoms with Gasteiger partial charge in [0.2, 0.25) is 0 Å². The van der Waals surface area contributed by atoms with Crippen LogP contribution < -0.4 is 0 Å². The zero-order chi connectivity index (χ0) is 13.8. The lowest BCUT2D eigenvalue weighted by Gasteiger charge is -2.08. The van der Waals surface area contributed by atoms with E-state index in [0.29, 0.717) is 0 Å². The Bertz CT molecular complexity index is 705. The summed E-state index contributed by atoms with van der Waals surface area (Å²) in [5.41, 5.74) is 3.28. The minimum Gasteiger partial charge on any atom is -0.232 e. The fraction of sp³-hybridized carbons (Fsp3) is 0.222. The second kappa shape index (κ2) is 5.83. The van der Waals surface area contributed by atoms with Crippen LogP contribution in [-0.4, -0.2) is 9.97 Å². The maximum Gasteiger partial charge on any atom is 0.160 e. The van der Waals surface area contributed by atoms with Gasteiger partial charge in [0.1, 0.15) is 0 Å². The molecule has 1 aromatic heterocycles. The molecular weight excluding hydrogens is 244 g/mol. The first kappa shape index (κ1) is 12.8. The molecule has 0 aliphatic heterocycles. The zero-order valence-corrected chi connectivity index (χ0v) is 11.7. The highest BCUT2D eigenvalue weighted by Crippen LogP contribution is 2.22. The van der Waals surface area contributed by atoms with E-state index in [4.69, 9.17) is 9.97 Å². The molecule has 0 radical (unpaired) electrons. The van der Waals surface area contributed by atoms with Gasteiger partial charge in [-0.3, -0.25) is 0 Å². The van der Waals surface area contributed by atoms with Gasteiger partial charge < -0.3 is 0 Å². The van der Waals surface area contributed by atoms with Gasteiger partial charge in [-0.05, 0) is 18.9 Å². The number of para-hydroxylation sites is 1. The third-order valence-corrected chi connectivity index (χ3v) is 3.48. The van der Waals surface area contributed by atoms with Crippen molar-refractivity contribution in [2.45, 2.75) is 26.2 Å². The van der Waals surface area contributed by atoms with Gasteiger partial charge in [-0.25, -0.2) is 9.97 Å². The van der Waals surface area contributed by atoms with Crippen molar-refractivity contribution >= 4 is 10.9 Å². The van der Waals surface area contributed by atoms with E-state index in [9.17, 15) is 0 Å². The van der Waals surface area contributed by atoms with Crippen LogP contribution >= 0.6 is 0 Å². The maximum absolute atomic E-state index is 4.80. The van der Waals surface area contributed by atoms with Crippen LogP contribution in [0.15, 0.2) is 54.6 Å². The smallest absolute Gasteiger partial charge is 0.160 e. The van der Waals surface area contributed by atoms with Gasteiger partial charge in [0.15, 0.2) is 5.82 Å². The first-order chi connectivity index (χ1) is 9.88. The predicted octanol–water partition coefficient (Wildman–Crippen LogP) is 4.64. The first-order valence-electron chi connectivity index (χ1n) is 7.19. The van der Waals surface area contributed by atoms with Gasteiger partial charge in [0, 0.05) is 10.9 Å². The third kappa shape index (κ3) is 2.55. The number of benzene rings is 2. The second-order valence-electron chi connectivity index (χ2n) is 4.98. The van der Waals surface area contributed by atoms with Crippen LogP contribution in [0.3, 0.4) is 0 Å². The molecule has 1 heterocycles. The average molecular weight is 262 g/mol. The van der Waals surface area contributed by atoms with Crippen LogP contribution in [-0.2, 0) is 6.42 Å². The molecule has 3 aromatic rings. The van der Waals surface area contributed by atoms with Crippen molar-refractivity contribution in [2.75, 3.05) is 0 Å². The molecule has 3 rings (SSSR count). The Hall–Kier alpha value is -2.22. The highest BCUT2D eigenvalue weighted by Gasteiger charge is 2.08. The van der Waals surface area contributed by atoms with Gasteiger partial charge in [-0.1, -0.05) is 61.9 Å². The van der Waals surface area contributed by atoms with Crippen molar-refractivity contribution in [1.82, 2.24) is 9.97 Å². The summed E-state index contributed by atoms with van der Waals surface area (Å²) in [5, 5.41) is 1.18. The number of unbranched alkanes of at least 4 members (excludes halogenated alkanes) is 1. The lowest BCUT2D eigenvalue weighted by molar-refractivity contribution is 0.781. The number of fused-ring (bicyclic) bond motifs is 1. The van der Waals surface area contributed by atoms with Crippen LogP contribution in [0.1, 0.15) is 25.5 Å². The molecule has 0 spiro atoms. The summed E-state index contributed by atoms with van der Waals surface area (Å²) in [4.78, 5) is 9.50. The summed E-state index contributed by atoms with van der Waals surface area (Å²) in [5.74, 6) is 0.829. The van der Waals surface area contributed by atoms with Crippen LogP contribution in [0.25, 0.3) is 22.3 Å². The first-order valence-corrected chi connectivity index (χ1v) is 7.19. The summed E-state index contributed by atoms with van der Waals surface area (Å²) in [7, 11) is 0. The molecule has 0 unspecified atom stereocenters.